The Hall–Kier alpha value is -0.860. The van der Waals surface area contributed by atoms with Crippen molar-refractivity contribution in [2.45, 2.75) is 71.1 Å². The highest BCUT2D eigenvalue weighted by molar-refractivity contribution is 5.31. The normalized spacial score (nSPS) is 34.1. The van der Waals surface area contributed by atoms with Gasteiger partial charge in [-0.2, -0.15) is 0 Å². The monoisotopic (exact) mass is 287 g/mol. The average molecular weight is 287 g/mol. The van der Waals surface area contributed by atoms with Gasteiger partial charge in [-0.25, -0.2) is 0 Å². The quantitative estimate of drug-likeness (QED) is 0.882. The SMILES string of the molecule is CCOC1CC(NC2CC(c3ccccc3C)C2)C1(C)C. The average Bonchev–Trinajstić information content (AvgIpc) is 2.41. The van der Waals surface area contributed by atoms with Gasteiger partial charge in [-0.1, -0.05) is 38.1 Å². The molecule has 2 fully saturated rings. The minimum atomic E-state index is 0.282. The molecule has 21 heavy (non-hydrogen) atoms. The summed E-state index contributed by atoms with van der Waals surface area (Å²) in [6.45, 7) is 9.84. The number of hydrogen-bond acceptors (Lipinski definition) is 2. The van der Waals surface area contributed by atoms with Gasteiger partial charge >= 0.3 is 0 Å². The van der Waals surface area contributed by atoms with Crippen LogP contribution < -0.4 is 5.32 Å². The van der Waals surface area contributed by atoms with E-state index in [0.29, 0.717) is 18.2 Å². The molecule has 0 spiro atoms. The predicted molar refractivity (Wildman–Crippen MR) is 87.7 cm³/mol. The van der Waals surface area contributed by atoms with Crippen molar-refractivity contribution in [3.63, 3.8) is 0 Å². The molecule has 2 atom stereocenters. The fraction of sp³-hybridized carbons (Fsp3) is 0.684. The zero-order valence-corrected chi connectivity index (χ0v) is 13.9. The Labute approximate surface area is 129 Å². The van der Waals surface area contributed by atoms with Crippen LogP contribution in [0.3, 0.4) is 0 Å². The largest absolute Gasteiger partial charge is 0.378 e. The van der Waals surface area contributed by atoms with Gasteiger partial charge in [0.25, 0.3) is 0 Å². The molecule has 0 amide bonds. The number of hydrogen-bond donors (Lipinski definition) is 1. The number of benzene rings is 1. The van der Waals surface area contributed by atoms with Crippen LogP contribution in [-0.4, -0.2) is 24.8 Å². The van der Waals surface area contributed by atoms with Gasteiger partial charge < -0.3 is 10.1 Å². The van der Waals surface area contributed by atoms with E-state index in [-0.39, 0.29) is 5.41 Å². The van der Waals surface area contributed by atoms with Crippen LogP contribution in [0.25, 0.3) is 0 Å². The van der Waals surface area contributed by atoms with E-state index in [4.69, 9.17) is 4.74 Å². The van der Waals surface area contributed by atoms with Crippen molar-refractivity contribution in [2.24, 2.45) is 5.41 Å². The first kappa shape index (κ1) is 15.1. The molecule has 0 saturated heterocycles. The molecular weight excluding hydrogens is 258 g/mol. The van der Waals surface area contributed by atoms with Gasteiger partial charge in [0.15, 0.2) is 0 Å². The zero-order chi connectivity index (χ0) is 15.0. The second-order valence-electron chi connectivity index (χ2n) is 7.44. The minimum absolute atomic E-state index is 0.282. The molecule has 3 rings (SSSR count). The van der Waals surface area contributed by atoms with Crippen LogP contribution in [0.4, 0.5) is 0 Å². The van der Waals surface area contributed by atoms with Gasteiger partial charge in [-0.05, 0) is 50.2 Å². The number of ether oxygens (including phenoxy) is 1. The van der Waals surface area contributed by atoms with Crippen molar-refractivity contribution in [2.75, 3.05) is 6.61 Å². The second kappa shape index (κ2) is 5.73. The molecule has 1 aromatic carbocycles. The van der Waals surface area contributed by atoms with E-state index in [1.54, 1.807) is 5.56 Å². The Balaban J connectivity index is 1.49. The van der Waals surface area contributed by atoms with Crippen molar-refractivity contribution in [1.82, 2.24) is 5.32 Å². The summed E-state index contributed by atoms with van der Waals surface area (Å²) in [5.74, 6) is 0.759. The van der Waals surface area contributed by atoms with Gasteiger partial charge in [-0.15, -0.1) is 0 Å². The van der Waals surface area contributed by atoms with Gasteiger partial charge in [-0.3, -0.25) is 0 Å². The van der Waals surface area contributed by atoms with Crippen LogP contribution in [0.2, 0.25) is 0 Å². The van der Waals surface area contributed by atoms with Crippen LogP contribution in [0.15, 0.2) is 24.3 Å². The minimum Gasteiger partial charge on any atom is -0.378 e. The van der Waals surface area contributed by atoms with Gasteiger partial charge in [0.2, 0.25) is 0 Å². The summed E-state index contributed by atoms with van der Waals surface area (Å²) in [5.41, 5.74) is 3.28. The molecule has 0 radical (unpaired) electrons. The molecule has 0 aliphatic heterocycles. The molecule has 0 bridgehead atoms. The Kier molecular flexibility index (Phi) is 4.11. The van der Waals surface area contributed by atoms with Crippen molar-refractivity contribution in [3.05, 3.63) is 35.4 Å². The molecule has 2 saturated carbocycles. The number of rotatable bonds is 5. The zero-order valence-electron chi connectivity index (χ0n) is 13.9. The molecule has 1 aromatic rings. The third-order valence-electron chi connectivity index (χ3n) is 5.75. The second-order valence-corrected chi connectivity index (χ2v) is 7.44. The molecule has 2 heteroatoms. The lowest BCUT2D eigenvalue weighted by Gasteiger charge is -2.54. The summed E-state index contributed by atoms with van der Waals surface area (Å²) < 4.78 is 5.82. The molecule has 0 aromatic heterocycles. The van der Waals surface area contributed by atoms with E-state index in [1.165, 1.54) is 24.8 Å². The Bertz CT molecular complexity index is 490. The fourth-order valence-electron chi connectivity index (χ4n) is 3.99. The summed E-state index contributed by atoms with van der Waals surface area (Å²) in [7, 11) is 0. The van der Waals surface area contributed by atoms with E-state index in [9.17, 15) is 0 Å². The molecule has 1 N–H and O–H groups in total. The van der Waals surface area contributed by atoms with Gasteiger partial charge in [0.1, 0.15) is 0 Å². The van der Waals surface area contributed by atoms with Crippen LogP contribution >= 0.6 is 0 Å². The summed E-state index contributed by atoms with van der Waals surface area (Å²) in [4.78, 5) is 0. The van der Waals surface area contributed by atoms with E-state index in [0.717, 1.165) is 12.5 Å². The third kappa shape index (κ3) is 2.76. The van der Waals surface area contributed by atoms with E-state index < -0.39 is 0 Å². The number of nitrogens with one attached hydrogen (secondary N) is 1. The molecular formula is C19H29NO. The maximum absolute atomic E-state index is 5.82. The lowest BCUT2D eigenvalue weighted by Crippen LogP contribution is -2.64. The fourth-order valence-corrected chi connectivity index (χ4v) is 3.99. The molecule has 2 nitrogen and oxygen atoms in total. The van der Waals surface area contributed by atoms with E-state index >= 15 is 0 Å². The summed E-state index contributed by atoms with van der Waals surface area (Å²) >= 11 is 0. The van der Waals surface area contributed by atoms with Crippen LogP contribution in [-0.2, 0) is 4.74 Å². The van der Waals surface area contributed by atoms with Crippen LogP contribution in [0, 0.1) is 12.3 Å². The highest BCUT2D eigenvalue weighted by Gasteiger charge is 2.50. The summed E-state index contributed by atoms with van der Waals surface area (Å²) in [6, 6.07) is 10.2. The van der Waals surface area contributed by atoms with E-state index in [1.807, 2.05) is 0 Å². The van der Waals surface area contributed by atoms with Crippen molar-refractivity contribution in [1.29, 1.82) is 0 Å². The Morgan fingerprint density at radius 3 is 2.52 bits per heavy atom. The smallest absolute Gasteiger partial charge is 0.0655 e. The first-order chi connectivity index (χ1) is 10.0. The molecule has 2 unspecified atom stereocenters. The lowest BCUT2D eigenvalue weighted by atomic mass is 9.63. The maximum atomic E-state index is 5.82. The molecule has 116 valence electrons. The van der Waals surface area contributed by atoms with Crippen molar-refractivity contribution < 1.29 is 4.74 Å². The maximum Gasteiger partial charge on any atom is 0.0655 e. The van der Waals surface area contributed by atoms with Crippen molar-refractivity contribution in [3.8, 4) is 0 Å². The predicted octanol–water partition coefficient (Wildman–Crippen LogP) is 4.03. The third-order valence-corrected chi connectivity index (χ3v) is 5.75. The molecule has 0 heterocycles. The van der Waals surface area contributed by atoms with Crippen LogP contribution in [0.5, 0.6) is 0 Å². The summed E-state index contributed by atoms with van der Waals surface area (Å²) in [6.07, 6.45) is 4.19. The van der Waals surface area contributed by atoms with E-state index in [2.05, 4.69) is 57.3 Å². The van der Waals surface area contributed by atoms with Gasteiger partial charge in [0.05, 0.1) is 6.10 Å². The topological polar surface area (TPSA) is 21.3 Å². The van der Waals surface area contributed by atoms with Gasteiger partial charge in [0, 0.05) is 24.1 Å². The Morgan fingerprint density at radius 1 is 1.19 bits per heavy atom. The number of aryl methyl sites for hydroxylation is 1. The first-order valence-corrected chi connectivity index (χ1v) is 8.45. The Morgan fingerprint density at radius 2 is 1.90 bits per heavy atom. The van der Waals surface area contributed by atoms with Crippen LogP contribution in [0.1, 0.15) is 57.1 Å². The standard InChI is InChI=1S/C19H29NO/c1-5-21-18-12-17(19(18,3)4)20-15-10-14(11-15)16-9-7-6-8-13(16)2/h6-9,14-15,17-18,20H,5,10-12H2,1-4H3. The highest BCUT2D eigenvalue weighted by Crippen LogP contribution is 2.45. The molecule has 2 aliphatic rings. The molecule has 2 aliphatic carbocycles. The summed E-state index contributed by atoms with van der Waals surface area (Å²) in [5, 5.41) is 3.87. The first-order valence-electron chi connectivity index (χ1n) is 8.45. The van der Waals surface area contributed by atoms with Crippen molar-refractivity contribution >= 4 is 0 Å². The lowest BCUT2D eigenvalue weighted by molar-refractivity contribution is -0.118. The highest BCUT2D eigenvalue weighted by atomic mass is 16.5.